The number of hydrogen-bond acceptors (Lipinski definition) is 5. The average Bonchev–Trinajstić information content (AvgIpc) is 2.53. The summed E-state index contributed by atoms with van der Waals surface area (Å²) in [5.74, 6) is 2.22. The summed E-state index contributed by atoms with van der Waals surface area (Å²) in [5, 5.41) is 0. The molecule has 3 rings (SSSR count). The summed E-state index contributed by atoms with van der Waals surface area (Å²) >= 11 is 0. The maximum Gasteiger partial charge on any atom is 0.213 e. The molecule has 0 radical (unpaired) electrons. The molecule has 0 aliphatic heterocycles. The van der Waals surface area contributed by atoms with Crippen LogP contribution in [0.4, 0.5) is 0 Å². The number of pyridine rings is 1. The number of ether oxygens (including phenoxy) is 4. The summed E-state index contributed by atoms with van der Waals surface area (Å²) in [6, 6.07) is 3.80. The van der Waals surface area contributed by atoms with E-state index in [4.69, 9.17) is 18.9 Å². The first-order valence-electron chi connectivity index (χ1n) is 11.1. The largest absolute Gasteiger partial charge is 0.489 e. The molecule has 5 nitrogen and oxygen atoms in total. The first-order chi connectivity index (χ1) is 13.6. The van der Waals surface area contributed by atoms with Gasteiger partial charge in [0.15, 0.2) is 0 Å². The molecule has 1 aromatic heterocycles. The summed E-state index contributed by atoms with van der Waals surface area (Å²) in [6.45, 7) is 14.6. The summed E-state index contributed by atoms with van der Waals surface area (Å²) in [4.78, 5) is 4.35. The average molecular weight is 406 g/mol. The normalized spacial score (nSPS) is 27.1. The van der Waals surface area contributed by atoms with E-state index in [1.807, 2.05) is 12.1 Å². The van der Waals surface area contributed by atoms with E-state index in [-0.39, 0.29) is 11.7 Å². The lowest BCUT2D eigenvalue weighted by Crippen LogP contribution is -2.43. The molecule has 2 aliphatic rings. The molecule has 1 heterocycles. The molecule has 0 N–H and O–H groups in total. The van der Waals surface area contributed by atoms with Crippen LogP contribution in [0.2, 0.25) is 0 Å². The summed E-state index contributed by atoms with van der Waals surface area (Å²) in [6.07, 6.45) is 7.84. The van der Waals surface area contributed by atoms with Gasteiger partial charge in [-0.2, -0.15) is 0 Å². The van der Waals surface area contributed by atoms with Crippen LogP contribution in [-0.4, -0.2) is 42.1 Å². The van der Waals surface area contributed by atoms with Gasteiger partial charge in [-0.1, -0.05) is 20.8 Å². The molecule has 0 spiro atoms. The van der Waals surface area contributed by atoms with Crippen molar-refractivity contribution in [3.8, 4) is 11.6 Å². The summed E-state index contributed by atoms with van der Waals surface area (Å²) in [5.41, 5.74) is 0.318. The third-order valence-corrected chi connectivity index (χ3v) is 5.80. The predicted molar refractivity (Wildman–Crippen MR) is 115 cm³/mol. The van der Waals surface area contributed by atoms with Crippen LogP contribution >= 0.6 is 0 Å². The molecule has 5 heteroatoms. The first-order valence-corrected chi connectivity index (χ1v) is 11.1. The third kappa shape index (κ3) is 7.14. The number of nitrogens with zero attached hydrogens (tertiary/aromatic N) is 1. The fraction of sp³-hybridized carbons (Fsp3) is 0.792. The molecule has 2 fully saturated rings. The monoisotopic (exact) mass is 405 g/mol. The van der Waals surface area contributed by atoms with Crippen LogP contribution in [0.15, 0.2) is 18.3 Å². The van der Waals surface area contributed by atoms with E-state index in [0.29, 0.717) is 30.1 Å². The van der Waals surface area contributed by atoms with Gasteiger partial charge >= 0.3 is 0 Å². The molecule has 0 bridgehead atoms. The molecular formula is C24H39NO4. The lowest BCUT2D eigenvalue weighted by Gasteiger charge is -2.43. The molecule has 0 aromatic carbocycles. The minimum Gasteiger partial charge on any atom is -0.489 e. The standard InChI is InChI=1S/C24H39NO4/c1-23(2,3)17-12-19(13-17)26-10-7-11-27-22-9-8-18(16-25-22)28-20-14-21(15-20)29-24(4,5)6/h8-9,16-17,19-21H,7,10-15H2,1-6H3. The van der Waals surface area contributed by atoms with Crippen LogP contribution in [-0.2, 0) is 9.47 Å². The maximum atomic E-state index is 5.95. The Balaban J connectivity index is 1.24. The Kier molecular flexibility index (Phi) is 7.10. The van der Waals surface area contributed by atoms with Gasteiger partial charge in [-0.3, -0.25) is 0 Å². The second kappa shape index (κ2) is 9.22. The Hall–Kier alpha value is -1.33. The number of rotatable bonds is 9. The van der Waals surface area contributed by atoms with E-state index in [1.54, 1.807) is 6.20 Å². The molecule has 0 unspecified atom stereocenters. The van der Waals surface area contributed by atoms with E-state index in [1.165, 1.54) is 12.8 Å². The number of aromatic nitrogens is 1. The van der Waals surface area contributed by atoms with Gasteiger partial charge in [0, 0.05) is 25.3 Å². The fourth-order valence-corrected chi connectivity index (χ4v) is 3.82. The molecular weight excluding hydrogens is 366 g/mol. The van der Waals surface area contributed by atoms with E-state index < -0.39 is 0 Å². The Morgan fingerprint density at radius 2 is 1.62 bits per heavy atom. The fourth-order valence-electron chi connectivity index (χ4n) is 3.82. The summed E-state index contributed by atoms with van der Waals surface area (Å²) < 4.78 is 23.5. The second-order valence-corrected chi connectivity index (χ2v) is 10.6. The van der Waals surface area contributed by atoms with Gasteiger partial charge < -0.3 is 18.9 Å². The first kappa shape index (κ1) is 22.4. The van der Waals surface area contributed by atoms with E-state index >= 15 is 0 Å². The van der Waals surface area contributed by atoms with Crippen molar-refractivity contribution in [2.24, 2.45) is 11.3 Å². The highest BCUT2D eigenvalue weighted by Gasteiger charge is 2.37. The quantitative estimate of drug-likeness (QED) is 0.514. The van der Waals surface area contributed by atoms with Gasteiger partial charge in [-0.15, -0.1) is 0 Å². The predicted octanol–water partition coefficient (Wildman–Crippen LogP) is 5.42. The van der Waals surface area contributed by atoms with Crippen molar-refractivity contribution in [2.75, 3.05) is 13.2 Å². The topological polar surface area (TPSA) is 49.8 Å². The van der Waals surface area contributed by atoms with Crippen molar-refractivity contribution in [1.29, 1.82) is 0 Å². The van der Waals surface area contributed by atoms with Crippen molar-refractivity contribution in [2.45, 2.75) is 97.6 Å². The highest BCUT2D eigenvalue weighted by atomic mass is 16.5. The summed E-state index contributed by atoms with van der Waals surface area (Å²) in [7, 11) is 0. The van der Waals surface area contributed by atoms with E-state index in [0.717, 1.165) is 37.5 Å². The van der Waals surface area contributed by atoms with Crippen LogP contribution in [0.5, 0.6) is 11.6 Å². The van der Waals surface area contributed by atoms with Gasteiger partial charge in [0.25, 0.3) is 0 Å². The molecule has 0 atom stereocenters. The van der Waals surface area contributed by atoms with Gasteiger partial charge in [0.05, 0.1) is 37.2 Å². The van der Waals surface area contributed by atoms with Crippen molar-refractivity contribution in [3.05, 3.63) is 18.3 Å². The molecule has 29 heavy (non-hydrogen) atoms. The molecule has 0 amide bonds. The Morgan fingerprint density at radius 1 is 0.897 bits per heavy atom. The minimum absolute atomic E-state index is 0.0893. The molecule has 164 valence electrons. The second-order valence-electron chi connectivity index (χ2n) is 10.6. The Bertz CT molecular complexity index is 620. The SMILES string of the molecule is CC(C)(C)OC1CC(Oc2ccc(OCCCOC3CC(C(C)(C)C)C3)nc2)C1. The Labute approximate surface area is 176 Å². The van der Waals surface area contributed by atoms with Gasteiger partial charge in [0.2, 0.25) is 5.88 Å². The third-order valence-electron chi connectivity index (χ3n) is 5.80. The van der Waals surface area contributed by atoms with E-state index in [2.05, 4.69) is 46.5 Å². The zero-order valence-electron chi connectivity index (χ0n) is 19.1. The van der Waals surface area contributed by atoms with Crippen LogP contribution in [0.1, 0.15) is 73.6 Å². The number of hydrogen-bond donors (Lipinski definition) is 0. The zero-order chi connectivity index (χ0) is 21.1. The molecule has 2 saturated carbocycles. The Morgan fingerprint density at radius 3 is 2.21 bits per heavy atom. The van der Waals surface area contributed by atoms with E-state index in [9.17, 15) is 0 Å². The lowest BCUT2D eigenvalue weighted by atomic mass is 9.67. The molecule has 1 aromatic rings. The van der Waals surface area contributed by atoms with Crippen LogP contribution in [0, 0.1) is 11.3 Å². The lowest BCUT2D eigenvalue weighted by molar-refractivity contribution is -0.126. The minimum atomic E-state index is -0.0893. The van der Waals surface area contributed by atoms with Gasteiger partial charge in [0.1, 0.15) is 11.9 Å². The highest BCUT2D eigenvalue weighted by Crippen LogP contribution is 2.42. The smallest absolute Gasteiger partial charge is 0.213 e. The molecule has 0 saturated heterocycles. The van der Waals surface area contributed by atoms with Crippen molar-refractivity contribution >= 4 is 0 Å². The zero-order valence-corrected chi connectivity index (χ0v) is 19.1. The molecule has 2 aliphatic carbocycles. The van der Waals surface area contributed by atoms with Gasteiger partial charge in [-0.05, 0) is 51.0 Å². The van der Waals surface area contributed by atoms with Gasteiger partial charge in [-0.25, -0.2) is 4.98 Å². The van der Waals surface area contributed by atoms with Crippen molar-refractivity contribution in [1.82, 2.24) is 4.98 Å². The van der Waals surface area contributed by atoms with Crippen molar-refractivity contribution in [3.63, 3.8) is 0 Å². The van der Waals surface area contributed by atoms with Crippen LogP contribution < -0.4 is 9.47 Å². The van der Waals surface area contributed by atoms with Crippen LogP contribution in [0.3, 0.4) is 0 Å². The maximum absolute atomic E-state index is 5.95. The highest BCUT2D eigenvalue weighted by molar-refractivity contribution is 5.23. The van der Waals surface area contributed by atoms with Crippen molar-refractivity contribution < 1.29 is 18.9 Å². The van der Waals surface area contributed by atoms with Crippen LogP contribution in [0.25, 0.3) is 0 Å².